The molecule has 0 radical (unpaired) electrons. The van der Waals surface area contributed by atoms with Crippen LogP contribution in [0, 0.1) is 5.82 Å². The van der Waals surface area contributed by atoms with E-state index in [9.17, 15) is 9.18 Å². The first-order valence-corrected chi connectivity index (χ1v) is 6.42. The fourth-order valence-electron chi connectivity index (χ4n) is 1.71. The summed E-state index contributed by atoms with van der Waals surface area (Å²) in [6.07, 6.45) is 1.31. The molecule has 0 atom stereocenters. The van der Waals surface area contributed by atoms with Crippen LogP contribution in [0.5, 0.6) is 11.6 Å². The number of hydrogen-bond acceptors (Lipinski definition) is 5. The highest BCUT2D eigenvalue weighted by Gasteiger charge is 2.15. The lowest BCUT2D eigenvalue weighted by Crippen LogP contribution is -2.01. The van der Waals surface area contributed by atoms with E-state index in [-0.39, 0.29) is 17.2 Å². The Balaban J connectivity index is 2.09. The Bertz CT molecular complexity index is 803. The lowest BCUT2D eigenvalue weighted by molar-refractivity contribution is 0.0694. The van der Waals surface area contributed by atoms with Gasteiger partial charge in [-0.1, -0.05) is 0 Å². The number of aromatic nitrogens is 2. The predicted molar refractivity (Wildman–Crippen MR) is 70.8 cm³/mol. The number of halogens is 1. The van der Waals surface area contributed by atoms with E-state index in [0.717, 1.165) is 18.2 Å². The van der Waals surface area contributed by atoms with Gasteiger partial charge in [-0.2, -0.15) is 0 Å². The fraction of sp³-hybridized carbons (Fsp3) is 0. The number of benzene rings is 1. The van der Waals surface area contributed by atoms with Gasteiger partial charge in [-0.05, 0) is 23.6 Å². The monoisotopic (exact) mass is 290 g/mol. The summed E-state index contributed by atoms with van der Waals surface area (Å²) in [5.41, 5.74) is -0.131. The summed E-state index contributed by atoms with van der Waals surface area (Å²) >= 11 is 1.40. The number of aromatic carboxylic acids is 1. The number of rotatable bonds is 3. The summed E-state index contributed by atoms with van der Waals surface area (Å²) in [6.45, 7) is 0. The van der Waals surface area contributed by atoms with Gasteiger partial charge in [0.15, 0.2) is 0 Å². The topological polar surface area (TPSA) is 72.3 Å². The first-order chi connectivity index (χ1) is 9.65. The zero-order valence-corrected chi connectivity index (χ0v) is 10.7. The minimum absolute atomic E-state index is 0.0938. The number of carboxylic acids is 1. The molecule has 20 heavy (non-hydrogen) atoms. The molecule has 0 saturated carbocycles. The Morgan fingerprint density at radius 2 is 2.15 bits per heavy atom. The summed E-state index contributed by atoms with van der Waals surface area (Å²) in [6, 6.07) is 4.99. The molecule has 0 spiro atoms. The van der Waals surface area contributed by atoms with Gasteiger partial charge in [0.2, 0.25) is 5.88 Å². The quantitative estimate of drug-likeness (QED) is 0.801. The maximum absolute atomic E-state index is 13.3. The van der Waals surface area contributed by atoms with Gasteiger partial charge < -0.3 is 9.84 Å². The molecule has 2 heterocycles. The lowest BCUT2D eigenvalue weighted by Gasteiger charge is -2.08. The van der Waals surface area contributed by atoms with Crippen molar-refractivity contribution in [2.45, 2.75) is 0 Å². The van der Waals surface area contributed by atoms with Crippen molar-refractivity contribution in [1.29, 1.82) is 0 Å². The number of thiophene rings is 1. The molecule has 0 amide bonds. The molecule has 2 aromatic heterocycles. The van der Waals surface area contributed by atoms with Crippen molar-refractivity contribution >= 4 is 27.5 Å². The fourth-order valence-corrected chi connectivity index (χ4v) is 2.43. The molecule has 3 rings (SSSR count). The second-order valence-corrected chi connectivity index (χ2v) is 4.76. The van der Waals surface area contributed by atoms with Gasteiger partial charge in [0.25, 0.3) is 0 Å². The standard InChI is InChI=1S/C13H7FN2O3S/c14-7-1-2-8(13(17)18)10(5-7)19-11-9-3-4-20-12(9)16-6-15-11/h1-6H,(H,17,18). The number of fused-ring (bicyclic) bond motifs is 1. The van der Waals surface area contributed by atoms with Crippen LogP contribution in [-0.2, 0) is 0 Å². The molecular weight excluding hydrogens is 283 g/mol. The summed E-state index contributed by atoms with van der Waals surface area (Å²) in [4.78, 5) is 19.8. The number of nitrogens with zero attached hydrogens (tertiary/aromatic N) is 2. The van der Waals surface area contributed by atoms with Crippen LogP contribution >= 0.6 is 11.3 Å². The molecular formula is C13H7FN2O3S. The summed E-state index contributed by atoms with van der Waals surface area (Å²) in [5.74, 6) is -1.68. The number of ether oxygens (including phenoxy) is 1. The lowest BCUT2D eigenvalue weighted by atomic mass is 10.2. The molecule has 7 heteroatoms. The van der Waals surface area contributed by atoms with Crippen LogP contribution in [0.15, 0.2) is 36.0 Å². The number of carbonyl (C=O) groups is 1. The van der Waals surface area contributed by atoms with Crippen LogP contribution in [-0.4, -0.2) is 21.0 Å². The van der Waals surface area contributed by atoms with Crippen LogP contribution in [0.2, 0.25) is 0 Å². The number of carboxylic acid groups (broad SMARTS) is 1. The minimum atomic E-state index is -1.20. The molecule has 0 aliphatic rings. The van der Waals surface area contributed by atoms with Crippen molar-refractivity contribution in [2.24, 2.45) is 0 Å². The third kappa shape index (κ3) is 2.19. The van der Waals surface area contributed by atoms with Gasteiger partial charge in [0, 0.05) is 6.07 Å². The molecule has 0 aliphatic carbocycles. The zero-order valence-electron chi connectivity index (χ0n) is 9.91. The van der Waals surface area contributed by atoms with Crippen LogP contribution < -0.4 is 4.74 Å². The van der Waals surface area contributed by atoms with E-state index in [1.54, 1.807) is 6.07 Å². The molecule has 1 N–H and O–H groups in total. The average Bonchev–Trinajstić information content (AvgIpc) is 2.88. The van der Waals surface area contributed by atoms with Crippen molar-refractivity contribution in [1.82, 2.24) is 9.97 Å². The van der Waals surface area contributed by atoms with E-state index in [1.807, 2.05) is 5.38 Å². The van der Waals surface area contributed by atoms with E-state index in [2.05, 4.69) is 9.97 Å². The molecule has 0 fully saturated rings. The second kappa shape index (κ2) is 4.86. The zero-order chi connectivity index (χ0) is 14.1. The summed E-state index contributed by atoms with van der Waals surface area (Å²) in [7, 11) is 0. The molecule has 0 unspecified atom stereocenters. The third-order valence-electron chi connectivity index (χ3n) is 2.61. The first kappa shape index (κ1) is 12.5. The molecule has 3 aromatic rings. The molecule has 5 nitrogen and oxygen atoms in total. The van der Waals surface area contributed by atoms with E-state index < -0.39 is 11.8 Å². The van der Waals surface area contributed by atoms with Gasteiger partial charge in [-0.15, -0.1) is 11.3 Å². The molecule has 0 bridgehead atoms. The van der Waals surface area contributed by atoms with Crippen molar-refractivity contribution in [3.8, 4) is 11.6 Å². The van der Waals surface area contributed by atoms with Crippen molar-refractivity contribution in [2.75, 3.05) is 0 Å². The molecule has 0 aliphatic heterocycles. The normalized spacial score (nSPS) is 10.7. The Hall–Kier alpha value is -2.54. The highest BCUT2D eigenvalue weighted by Crippen LogP contribution is 2.31. The average molecular weight is 290 g/mol. The Kier molecular flexibility index (Phi) is 3.03. The van der Waals surface area contributed by atoms with Crippen LogP contribution in [0.4, 0.5) is 4.39 Å². The van der Waals surface area contributed by atoms with E-state index in [1.165, 1.54) is 17.7 Å². The van der Waals surface area contributed by atoms with Gasteiger partial charge in [0.1, 0.15) is 28.3 Å². The van der Waals surface area contributed by atoms with Gasteiger partial charge >= 0.3 is 5.97 Å². The molecule has 0 saturated heterocycles. The summed E-state index contributed by atoms with van der Waals surface area (Å²) in [5, 5.41) is 11.5. The second-order valence-electron chi connectivity index (χ2n) is 3.87. The largest absolute Gasteiger partial charge is 0.478 e. The van der Waals surface area contributed by atoms with Crippen LogP contribution in [0.25, 0.3) is 10.2 Å². The molecule has 100 valence electrons. The SMILES string of the molecule is O=C(O)c1ccc(F)cc1Oc1ncnc2sccc12. The van der Waals surface area contributed by atoms with Crippen molar-refractivity contribution in [3.05, 3.63) is 47.4 Å². The molecule has 1 aromatic carbocycles. The van der Waals surface area contributed by atoms with Crippen LogP contribution in [0.1, 0.15) is 10.4 Å². The van der Waals surface area contributed by atoms with E-state index >= 15 is 0 Å². The van der Waals surface area contributed by atoms with Crippen LogP contribution in [0.3, 0.4) is 0 Å². The van der Waals surface area contributed by atoms with Gasteiger partial charge in [-0.25, -0.2) is 19.2 Å². The third-order valence-corrected chi connectivity index (χ3v) is 3.43. The maximum atomic E-state index is 13.3. The Morgan fingerprint density at radius 1 is 1.30 bits per heavy atom. The van der Waals surface area contributed by atoms with Gasteiger partial charge in [0.05, 0.1) is 5.39 Å². The van der Waals surface area contributed by atoms with E-state index in [0.29, 0.717) is 10.2 Å². The Labute approximate surface area is 116 Å². The maximum Gasteiger partial charge on any atom is 0.339 e. The minimum Gasteiger partial charge on any atom is -0.478 e. The highest BCUT2D eigenvalue weighted by atomic mass is 32.1. The van der Waals surface area contributed by atoms with E-state index in [4.69, 9.17) is 9.84 Å². The first-order valence-electron chi connectivity index (χ1n) is 5.54. The smallest absolute Gasteiger partial charge is 0.339 e. The van der Waals surface area contributed by atoms with Crippen molar-refractivity contribution in [3.63, 3.8) is 0 Å². The summed E-state index contributed by atoms with van der Waals surface area (Å²) < 4.78 is 18.7. The highest BCUT2D eigenvalue weighted by molar-refractivity contribution is 7.16. The van der Waals surface area contributed by atoms with Crippen molar-refractivity contribution < 1.29 is 19.0 Å². The Morgan fingerprint density at radius 3 is 2.95 bits per heavy atom. The van der Waals surface area contributed by atoms with Gasteiger partial charge in [-0.3, -0.25) is 0 Å². The number of hydrogen-bond donors (Lipinski definition) is 1. The predicted octanol–water partition coefficient (Wildman–Crippen LogP) is 3.32.